The van der Waals surface area contributed by atoms with Gasteiger partial charge in [-0.3, -0.25) is 4.79 Å². The van der Waals surface area contributed by atoms with Crippen LogP contribution in [0.5, 0.6) is 0 Å². The highest BCUT2D eigenvalue weighted by Crippen LogP contribution is 2.30. The number of hydrogen-bond acceptors (Lipinski definition) is 1. The minimum atomic E-state index is -0.197. The number of carbonyl (C=O) groups excluding carboxylic acids is 1. The number of rotatable bonds is 3. The molecule has 1 amide bonds. The number of benzene rings is 3. The Morgan fingerprint density at radius 1 is 0.964 bits per heavy atom. The van der Waals surface area contributed by atoms with Crippen molar-refractivity contribution >= 4 is 55.9 Å². The zero-order chi connectivity index (χ0) is 19.3. The van der Waals surface area contributed by atoms with Crippen LogP contribution in [0.4, 0.5) is 5.69 Å². The summed E-state index contributed by atoms with van der Waals surface area (Å²) < 4.78 is 0. The van der Waals surface area contributed by atoms with Gasteiger partial charge in [0.15, 0.2) is 0 Å². The third-order valence-corrected chi connectivity index (χ3v) is 5.52. The fourth-order valence-electron chi connectivity index (χ4n) is 3.80. The molecule has 2 heterocycles. The van der Waals surface area contributed by atoms with E-state index < -0.39 is 0 Å². The topological polar surface area (TPSA) is 60.7 Å². The lowest BCUT2D eigenvalue weighted by Crippen LogP contribution is -2.12. The number of anilines is 1. The first-order valence-corrected chi connectivity index (χ1v) is 9.64. The van der Waals surface area contributed by atoms with E-state index in [1.165, 1.54) is 10.9 Å². The molecule has 5 heteroatoms. The monoisotopic (exact) mass is 387 g/mol. The van der Waals surface area contributed by atoms with E-state index in [-0.39, 0.29) is 5.91 Å². The Kier molecular flexibility index (Phi) is 3.88. The van der Waals surface area contributed by atoms with E-state index in [0.717, 1.165) is 39.4 Å². The van der Waals surface area contributed by atoms with Gasteiger partial charge in [-0.2, -0.15) is 0 Å². The summed E-state index contributed by atoms with van der Waals surface area (Å²) in [5, 5.41) is 6.84. The van der Waals surface area contributed by atoms with Gasteiger partial charge in [-0.15, -0.1) is 0 Å². The Hall–Kier alpha value is -3.24. The fraction of sp³-hybridized carbons (Fsp3) is 0.0870. The van der Waals surface area contributed by atoms with Gasteiger partial charge in [-0.25, -0.2) is 0 Å². The molecule has 138 valence electrons. The van der Waals surface area contributed by atoms with Crippen LogP contribution in [0.2, 0.25) is 5.02 Å². The molecular formula is C23H18ClN3O. The summed E-state index contributed by atoms with van der Waals surface area (Å²) in [5.41, 5.74) is 5.45. The van der Waals surface area contributed by atoms with E-state index >= 15 is 0 Å². The minimum absolute atomic E-state index is 0.197. The van der Waals surface area contributed by atoms with Gasteiger partial charge in [0.2, 0.25) is 0 Å². The van der Waals surface area contributed by atoms with Gasteiger partial charge in [-0.1, -0.05) is 54.9 Å². The van der Waals surface area contributed by atoms with Gasteiger partial charge in [0.25, 0.3) is 5.91 Å². The number of H-pyrrole nitrogens is 2. The quantitative estimate of drug-likeness (QED) is 0.335. The minimum Gasteiger partial charge on any atom is -0.354 e. The number of aromatic amines is 2. The van der Waals surface area contributed by atoms with E-state index in [4.69, 9.17) is 11.6 Å². The second-order valence-corrected chi connectivity index (χ2v) is 7.33. The molecule has 5 rings (SSSR count). The molecule has 4 nitrogen and oxygen atoms in total. The number of nitrogens with one attached hydrogen (secondary N) is 3. The normalized spacial score (nSPS) is 11.5. The molecule has 0 saturated carbocycles. The second-order valence-electron chi connectivity index (χ2n) is 6.92. The highest BCUT2D eigenvalue weighted by atomic mass is 35.5. The van der Waals surface area contributed by atoms with Crippen molar-refractivity contribution in [2.45, 2.75) is 13.3 Å². The molecule has 0 spiro atoms. The third kappa shape index (κ3) is 2.65. The molecule has 0 radical (unpaired) electrons. The molecule has 28 heavy (non-hydrogen) atoms. The van der Waals surface area contributed by atoms with Gasteiger partial charge >= 0.3 is 0 Å². The van der Waals surface area contributed by atoms with Crippen molar-refractivity contribution in [2.75, 3.05) is 5.32 Å². The lowest BCUT2D eigenvalue weighted by Gasteiger charge is -2.04. The largest absolute Gasteiger partial charge is 0.354 e. The molecule has 0 aliphatic carbocycles. The SMILES string of the molecule is CCc1cccc2c1[nH]c1cc(NC(=O)c3cc4cccc(Cl)c4[nH]3)ccc12. The summed E-state index contributed by atoms with van der Waals surface area (Å²) in [4.78, 5) is 19.3. The van der Waals surface area contributed by atoms with E-state index in [2.05, 4.69) is 40.4 Å². The van der Waals surface area contributed by atoms with Crippen LogP contribution in [0.15, 0.2) is 60.7 Å². The van der Waals surface area contributed by atoms with Crippen molar-refractivity contribution in [3.63, 3.8) is 0 Å². The van der Waals surface area contributed by atoms with Crippen LogP contribution in [-0.4, -0.2) is 15.9 Å². The fourth-order valence-corrected chi connectivity index (χ4v) is 4.03. The first-order valence-electron chi connectivity index (χ1n) is 9.26. The predicted octanol–water partition coefficient (Wildman–Crippen LogP) is 6.27. The molecule has 0 saturated heterocycles. The average molecular weight is 388 g/mol. The van der Waals surface area contributed by atoms with E-state index in [9.17, 15) is 4.79 Å². The number of aryl methyl sites for hydroxylation is 1. The number of halogens is 1. The molecule has 3 aromatic carbocycles. The van der Waals surface area contributed by atoms with Crippen molar-refractivity contribution in [1.29, 1.82) is 0 Å². The van der Waals surface area contributed by atoms with Crippen LogP contribution in [0.3, 0.4) is 0 Å². The number of aromatic nitrogens is 2. The zero-order valence-corrected chi connectivity index (χ0v) is 16.0. The first-order chi connectivity index (χ1) is 13.6. The first kappa shape index (κ1) is 16.9. The van der Waals surface area contributed by atoms with E-state index in [1.807, 2.05) is 36.4 Å². The Morgan fingerprint density at radius 3 is 2.64 bits per heavy atom. The summed E-state index contributed by atoms with van der Waals surface area (Å²) in [7, 11) is 0. The molecule has 0 aliphatic rings. The standard InChI is InChI=1S/C23H18ClN3O/c1-2-13-5-3-7-17-16-10-9-15(12-19(16)26-21(13)17)25-23(28)20-11-14-6-4-8-18(24)22(14)27-20/h3-12,26-27H,2H2,1H3,(H,25,28). The van der Waals surface area contributed by atoms with Crippen LogP contribution in [-0.2, 0) is 6.42 Å². The summed E-state index contributed by atoms with van der Waals surface area (Å²) in [6.45, 7) is 2.15. The molecule has 2 aromatic heterocycles. The maximum atomic E-state index is 12.7. The van der Waals surface area contributed by atoms with Crippen LogP contribution < -0.4 is 5.32 Å². The van der Waals surface area contributed by atoms with Crippen LogP contribution in [0.1, 0.15) is 23.0 Å². The van der Waals surface area contributed by atoms with Gasteiger partial charge < -0.3 is 15.3 Å². The molecule has 0 bridgehead atoms. The van der Waals surface area contributed by atoms with Gasteiger partial charge in [0.1, 0.15) is 5.69 Å². The maximum absolute atomic E-state index is 12.7. The average Bonchev–Trinajstić information content (AvgIpc) is 3.29. The second kappa shape index (κ2) is 6.43. The Labute approximate surface area is 166 Å². The molecule has 0 atom stereocenters. The van der Waals surface area contributed by atoms with Crippen LogP contribution >= 0.6 is 11.6 Å². The highest BCUT2D eigenvalue weighted by molar-refractivity contribution is 6.35. The predicted molar refractivity (Wildman–Crippen MR) is 116 cm³/mol. The highest BCUT2D eigenvalue weighted by Gasteiger charge is 2.13. The van der Waals surface area contributed by atoms with Crippen LogP contribution in [0.25, 0.3) is 32.7 Å². The summed E-state index contributed by atoms with van der Waals surface area (Å²) in [6.07, 6.45) is 0.969. The van der Waals surface area contributed by atoms with Crippen molar-refractivity contribution < 1.29 is 4.79 Å². The maximum Gasteiger partial charge on any atom is 0.272 e. The van der Waals surface area contributed by atoms with E-state index in [0.29, 0.717) is 10.7 Å². The molecule has 0 fully saturated rings. The Balaban J connectivity index is 1.51. The number of fused-ring (bicyclic) bond motifs is 4. The number of carbonyl (C=O) groups is 1. The lowest BCUT2D eigenvalue weighted by molar-refractivity contribution is 0.102. The van der Waals surface area contributed by atoms with E-state index in [1.54, 1.807) is 6.07 Å². The zero-order valence-electron chi connectivity index (χ0n) is 15.3. The summed E-state index contributed by atoms with van der Waals surface area (Å²) in [5.74, 6) is -0.197. The van der Waals surface area contributed by atoms with Gasteiger partial charge in [0.05, 0.1) is 10.5 Å². The molecule has 0 aliphatic heterocycles. The van der Waals surface area contributed by atoms with Gasteiger partial charge in [-0.05, 0) is 36.2 Å². The Morgan fingerprint density at radius 2 is 1.82 bits per heavy atom. The molecular weight excluding hydrogens is 370 g/mol. The number of hydrogen-bond donors (Lipinski definition) is 3. The lowest BCUT2D eigenvalue weighted by atomic mass is 10.1. The molecule has 3 N–H and O–H groups in total. The van der Waals surface area contributed by atoms with Crippen LogP contribution in [0, 0.1) is 0 Å². The van der Waals surface area contributed by atoms with Crippen molar-refractivity contribution in [3.8, 4) is 0 Å². The van der Waals surface area contributed by atoms with Crippen molar-refractivity contribution in [2.24, 2.45) is 0 Å². The third-order valence-electron chi connectivity index (χ3n) is 5.21. The molecule has 5 aromatic rings. The van der Waals surface area contributed by atoms with Gasteiger partial charge in [0, 0.05) is 32.9 Å². The van der Waals surface area contributed by atoms with Crippen molar-refractivity contribution in [3.05, 3.63) is 76.9 Å². The summed E-state index contributed by atoms with van der Waals surface area (Å²) in [6, 6.07) is 19.7. The molecule has 0 unspecified atom stereocenters. The number of para-hydroxylation sites is 2. The number of amides is 1. The van der Waals surface area contributed by atoms with Crippen molar-refractivity contribution in [1.82, 2.24) is 9.97 Å². The summed E-state index contributed by atoms with van der Waals surface area (Å²) >= 11 is 6.20. The smallest absolute Gasteiger partial charge is 0.272 e. The Bertz CT molecular complexity index is 1360.